The highest BCUT2D eigenvalue weighted by molar-refractivity contribution is 6.06. The van der Waals surface area contributed by atoms with Crippen molar-refractivity contribution in [1.82, 2.24) is 4.98 Å². The molecule has 0 aliphatic heterocycles. The monoisotopic (exact) mass is 211 g/mol. The molecule has 1 aliphatic carbocycles. The Balaban J connectivity index is 1.98. The first-order valence-electron chi connectivity index (χ1n) is 5.56. The number of carbonyl (C=O) groups excluding carboxylic acids is 1. The summed E-state index contributed by atoms with van der Waals surface area (Å²) in [5, 5.41) is 0. The molecule has 1 aromatic heterocycles. The molecule has 2 aromatic rings. The molecule has 0 atom stereocenters. The summed E-state index contributed by atoms with van der Waals surface area (Å²) in [5.74, 6) is 0.250. The predicted octanol–water partition coefficient (Wildman–Crippen LogP) is 2.93. The van der Waals surface area contributed by atoms with Crippen LogP contribution in [-0.2, 0) is 5.41 Å². The second-order valence-corrected chi connectivity index (χ2v) is 4.38. The van der Waals surface area contributed by atoms with Crippen molar-refractivity contribution in [2.45, 2.75) is 18.3 Å². The van der Waals surface area contributed by atoms with Crippen LogP contribution in [0, 0.1) is 0 Å². The van der Waals surface area contributed by atoms with Crippen LogP contribution in [0.5, 0.6) is 0 Å². The number of nitrogens with one attached hydrogen (secondary N) is 1. The summed E-state index contributed by atoms with van der Waals surface area (Å²) >= 11 is 0. The maximum Gasteiger partial charge on any atom is 0.174 e. The number of aromatic amines is 1. The van der Waals surface area contributed by atoms with Gasteiger partial charge in [-0.3, -0.25) is 4.79 Å². The molecule has 0 spiro atoms. The number of rotatable bonds is 3. The van der Waals surface area contributed by atoms with Gasteiger partial charge in [-0.2, -0.15) is 0 Å². The fraction of sp³-hybridized carbons (Fsp3) is 0.214. The zero-order valence-electron chi connectivity index (χ0n) is 8.94. The zero-order valence-corrected chi connectivity index (χ0v) is 8.94. The van der Waals surface area contributed by atoms with E-state index >= 15 is 0 Å². The van der Waals surface area contributed by atoms with Gasteiger partial charge in [0.15, 0.2) is 5.78 Å². The SMILES string of the molecule is O=C(c1cc[nH]c1)C1(c2ccccc2)CC1. The molecule has 2 heteroatoms. The number of Topliss-reactive ketones (excluding diaryl/α,β-unsaturated/α-hetero) is 1. The van der Waals surface area contributed by atoms with Crippen LogP contribution < -0.4 is 0 Å². The molecule has 1 fully saturated rings. The van der Waals surface area contributed by atoms with Crippen LogP contribution in [0.15, 0.2) is 48.8 Å². The minimum Gasteiger partial charge on any atom is -0.367 e. The normalized spacial score (nSPS) is 17.0. The highest BCUT2D eigenvalue weighted by Gasteiger charge is 2.51. The number of hydrogen-bond acceptors (Lipinski definition) is 1. The van der Waals surface area contributed by atoms with Crippen molar-refractivity contribution >= 4 is 5.78 Å². The van der Waals surface area contributed by atoms with Crippen molar-refractivity contribution in [2.24, 2.45) is 0 Å². The molecule has 1 N–H and O–H groups in total. The van der Waals surface area contributed by atoms with Crippen LogP contribution in [0.1, 0.15) is 28.8 Å². The number of ketones is 1. The Morgan fingerprint density at radius 2 is 1.88 bits per heavy atom. The first-order valence-corrected chi connectivity index (χ1v) is 5.56. The van der Waals surface area contributed by atoms with E-state index in [0.717, 1.165) is 24.0 Å². The molecular formula is C14H13NO. The van der Waals surface area contributed by atoms with Gasteiger partial charge in [0.2, 0.25) is 0 Å². The summed E-state index contributed by atoms with van der Waals surface area (Å²) in [5.41, 5.74) is 1.71. The average Bonchev–Trinajstić information content (AvgIpc) is 2.97. The first-order chi connectivity index (χ1) is 7.83. The van der Waals surface area contributed by atoms with E-state index in [-0.39, 0.29) is 11.2 Å². The average molecular weight is 211 g/mol. The lowest BCUT2D eigenvalue weighted by Gasteiger charge is -2.13. The zero-order chi connectivity index (χ0) is 11.0. The largest absolute Gasteiger partial charge is 0.367 e. The molecule has 0 unspecified atom stereocenters. The number of hydrogen-bond donors (Lipinski definition) is 1. The molecule has 1 heterocycles. The molecular weight excluding hydrogens is 198 g/mol. The quantitative estimate of drug-likeness (QED) is 0.778. The summed E-state index contributed by atoms with van der Waals surface area (Å²) in [4.78, 5) is 15.3. The standard InChI is InChI=1S/C14H13NO/c16-13(11-6-9-15-10-11)14(7-8-14)12-4-2-1-3-5-12/h1-6,9-10,15H,7-8H2. The minimum absolute atomic E-state index is 0.233. The Morgan fingerprint density at radius 3 is 2.44 bits per heavy atom. The number of benzene rings is 1. The third-order valence-electron chi connectivity index (χ3n) is 3.37. The van der Waals surface area contributed by atoms with Crippen molar-refractivity contribution in [3.05, 3.63) is 59.9 Å². The lowest BCUT2D eigenvalue weighted by Crippen LogP contribution is -2.19. The van der Waals surface area contributed by atoms with Gasteiger partial charge in [0.1, 0.15) is 0 Å². The van der Waals surface area contributed by atoms with Crippen molar-refractivity contribution in [2.75, 3.05) is 0 Å². The van der Waals surface area contributed by atoms with E-state index in [1.54, 1.807) is 12.4 Å². The number of aromatic nitrogens is 1. The van der Waals surface area contributed by atoms with Crippen molar-refractivity contribution in [3.8, 4) is 0 Å². The fourth-order valence-electron chi connectivity index (χ4n) is 2.27. The Hall–Kier alpha value is -1.83. The van der Waals surface area contributed by atoms with Crippen molar-refractivity contribution in [3.63, 3.8) is 0 Å². The summed E-state index contributed by atoms with van der Waals surface area (Å²) in [6.07, 6.45) is 5.53. The van der Waals surface area contributed by atoms with Crippen LogP contribution in [0.4, 0.5) is 0 Å². The first kappa shape index (κ1) is 9.40. The maximum absolute atomic E-state index is 12.4. The molecule has 1 saturated carbocycles. The van der Waals surface area contributed by atoms with Gasteiger partial charge in [0.05, 0.1) is 5.41 Å². The number of carbonyl (C=O) groups is 1. The van der Waals surface area contributed by atoms with E-state index in [4.69, 9.17) is 0 Å². The lowest BCUT2D eigenvalue weighted by molar-refractivity contribution is 0.0946. The van der Waals surface area contributed by atoms with Gasteiger partial charge in [0.25, 0.3) is 0 Å². The van der Waals surface area contributed by atoms with Crippen LogP contribution in [0.2, 0.25) is 0 Å². The van der Waals surface area contributed by atoms with Gasteiger partial charge in [-0.05, 0) is 24.5 Å². The van der Waals surface area contributed by atoms with Crippen molar-refractivity contribution in [1.29, 1.82) is 0 Å². The molecule has 0 bridgehead atoms. The van der Waals surface area contributed by atoms with Gasteiger partial charge in [-0.15, -0.1) is 0 Å². The van der Waals surface area contributed by atoms with Gasteiger partial charge < -0.3 is 4.98 Å². The summed E-state index contributed by atoms with van der Waals surface area (Å²) in [6, 6.07) is 11.9. The second-order valence-electron chi connectivity index (χ2n) is 4.38. The smallest absolute Gasteiger partial charge is 0.174 e. The molecule has 3 rings (SSSR count). The van der Waals surface area contributed by atoms with E-state index < -0.39 is 0 Å². The molecule has 1 aliphatic rings. The fourth-order valence-corrected chi connectivity index (χ4v) is 2.27. The Bertz CT molecular complexity index is 495. The highest BCUT2D eigenvalue weighted by Crippen LogP contribution is 2.50. The number of H-pyrrole nitrogens is 1. The molecule has 16 heavy (non-hydrogen) atoms. The summed E-state index contributed by atoms with van der Waals surface area (Å²) < 4.78 is 0. The molecule has 0 saturated heterocycles. The molecule has 1 aromatic carbocycles. The van der Waals surface area contributed by atoms with Gasteiger partial charge in [0, 0.05) is 18.0 Å². The highest BCUT2D eigenvalue weighted by atomic mass is 16.1. The van der Waals surface area contributed by atoms with Gasteiger partial charge >= 0.3 is 0 Å². The molecule has 0 radical (unpaired) electrons. The Kier molecular flexibility index (Phi) is 1.96. The van der Waals surface area contributed by atoms with Crippen LogP contribution >= 0.6 is 0 Å². The van der Waals surface area contributed by atoms with Crippen LogP contribution in [0.3, 0.4) is 0 Å². The van der Waals surface area contributed by atoms with Gasteiger partial charge in [-0.1, -0.05) is 30.3 Å². The topological polar surface area (TPSA) is 32.9 Å². The van der Waals surface area contributed by atoms with Gasteiger partial charge in [-0.25, -0.2) is 0 Å². The molecule has 80 valence electrons. The van der Waals surface area contributed by atoms with Crippen LogP contribution in [-0.4, -0.2) is 10.8 Å². The third-order valence-corrected chi connectivity index (χ3v) is 3.37. The lowest BCUT2D eigenvalue weighted by atomic mass is 9.88. The minimum atomic E-state index is -0.233. The Labute approximate surface area is 94.3 Å². The summed E-state index contributed by atoms with van der Waals surface area (Å²) in [7, 11) is 0. The molecule has 0 amide bonds. The predicted molar refractivity (Wildman–Crippen MR) is 62.5 cm³/mol. The van der Waals surface area contributed by atoms with E-state index in [1.807, 2.05) is 24.3 Å². The maximum atomic E-state index is 12.4. The van der Waals surface area contributed by atoms with Crippen LogP contribution in [0.25, 0.3) is 0 Å². The van der Waals surface area contributed by atoms with E-state index in [9.17, 15) is 4.79 Å². The van der Waals surface area contributed by atoms with E-state index in [2.05, 4.69) is 17.1 Å². The van der Waals surface area contributed by atoms with E-state index in [0.29, 0.717) is 0 Å². The third kappa shape index (κ3) is 1.30. The Morgan fingerprint density at radius 1 is 1.12 bits per heavy atom. The summed E-state index contributed by atoms with van der Waals surface area (Å²) in [6.45, 7) is 0. The van der Waals surface area contributed by atoms with E-state index in [1.165, 1.54) is 0 Å². The molecule has 2 nitrogen and oxygen atoms in total. The van der Waals surface area contributed by atoms with Crippen molar-refractivity contribution < 1.29 is 4.79 Å². The second kappa shape index (κ2) is 3.34.